The molecule has 0 N–H and O–H groups in total. The van der Waals surface area contributed by atoms with E-state index in [4.69, 9.17) is 0 Å². The summed E-state index contributed by atoms with van der Waals surface area (Å²) < 4.78 is 0. The summed E-state index contributed by atoms with van der Waals surface area (Å²) >= 11 is 0. The summed E-state index contributed by atoms with van der Waals surface area (Å²) in [6.45, 7) is 0. The smallest absolute Gasteiger partial charge is 0.193 e. The summed E-state index contributed by atoms with van der Waals surface area (Å²) in [5.74, 6) is 5.15. The predicted octanol–water partition coefficient (Wildman–Crippen LogP) is 2.90. The lowest BCUT2D eigenvalue weighted by Gasteiger charge is -2.00. The maximum atomic E-state index is 10.1. The van der Waals surface area contributed by atoms with Crippen LogP contribution in [0.5, 0.6) is 0 Å². The highest BCUT2D eigenvalue weighted by Gasteiger charge is 1.95. The highest BCUT2D eigenvalue weighted by molar-refractivity contribution is 5.74. The summed E-state index contributed by atoms with van der Waals surface area (Å²) in [6, 6.07) is 18.0. The van der Waals surface area contributed by atoms with E-state index < -0.39 is 0 Å². The average Bonchev–Trinajstić information content (AvgIpc) is 2.38. The molecule has 0 saturated carbocycles. The van der Waals surface area contributed by atoms with Gasteiger partial charge in [-0.25, -0.2) is 0 Å². The van der Waals surface area contributed by atoms with Crippen LogP contribution >= 0.6 is 0 Å². The molecule has 0 aromatic heterocycles. The molecule has 0 fully saturated rings. The van der Waals surface area contributed by atoms with Gasteiger partial charge >= 0.3 is 0 Å². The van der Waals surface area contributed by atoms with Crippen LogP contribution in [0.2, 0.25) is 0 Å². The summed E-state index contributed by atoms with van der Waals surface area (Å²) in [4.78, 5) is 10.1. The third-order valence-electron chi connectivity index (χ3n) is 2.27. The molecule has 0 aliphatic heterocycles. The lowest BCUT2D eigenvalue weighted by molar-refractivity contribution is -0.103. The SMILES string of the molecule is O=CC#Cc1ccc(-c2ccccc2)cc1. The molecule has 0 amide bonds. The van der Waals surface area contributed by atoms with E-state index in [1.165, 1.54) is 5.56 Å². The quantitative estimate of drug-likeness (QED) is 0.518. The fourth-order valence-corrected chi connectivity index (χ4v) is 1.49. The molecule has 0 unspecified atom stereocenters. The van der Waals surface area contributed by atoms with Crippen molar-refractivity contribution in [3.63, 3.8) is 0 Å². The zero-order valence-electron chi connectivity index (χ0n) is 8.68. The van der Waals surface area contributed by atoms with E-state index in [0.717, 1.165) is 11.1 Å². The second kappa shape index (κ2) is 4.95. The third-order valence-corrected chi connectivity index (χ3v) is 2.27. The van der Waals surface area contributed by atoms with Crippen molar-refractivity contribution in [2.24, 2.45) is 0 Å². The van der Waals surface area contributed by atoms with Crippen LogP contribution in [0.15, 0.2) is 54.6 Å². The number of carbonyl (C=O) groups is 1. The van der Waals surface area contributed by atoms with Crippen molar-refractivity contribution in [1.29, 1.82) is 0 Å². The lowest BCUT2D eigenvalue weighted by atomic mass is 10.0. The molecule has 0 heterocycles. The molecule has 76 valence electrons. The maximum absolute atomic E-state index is 10.1. The molecule has 2 aromatic rings. The maximum Gasteiger partial charge on any atom is 0.193 e. The largest absolute Gasteiger partial charge is 0.289 e. The summed E-state index contributed by atoms with van der Waals surface area (Å²) in [5.41, 5.74) is 3.18. The number of aldehydes is 1. The standard InChI is InChI=1S/C15H10O/c16-12-4-5-13-8-10-15(11-9-13)14-6-2-1-3-7-14/h1-3,6-12H. The van der Waals surface area contributed by atoms with Crippen molar-refractivity contribution < 1.29 is 4.79 Å². The van der Waals surface area contributed by atoms with Crippen LogP contribution in [0.4, 0.5) is 0 Å². The van der Waals surface area contributed by atoms with Crippen molar-refractivity contribution in [1.82, 2.24) is 0 Å². The fraction of sp³-hybridized carbons (Fsp3) is 0. The molecular weight excluding hydrogens is 196 g/mol. The Morgan fingerprint density at radius 3 is 2.06 bits per heavy atom. The molecule has 0 bridgehead atoms. The minimum absolute atomic E-state index is 0.602. The molecule has 0 atom stereocenters. The van der Waals surface area contributed by atoms with Gasteiger partial charge in [0, 0.05) is 5.56 Å². The van der Waals surface area contributed by atoms with Gasteiger partial charge in [0.05, 0.1) is 0 Å². The number of benzene rings is 2. The fourth-order valence-electron chi connectivity index (χ4n) is 1.49. The Morgan fingerprint density at radius 2 is 1.44 bits per heavy atom. The monoisotopic (exact) mass is 206 g/mol. The first-order valence-electron chi connectivity index (χ1n) is 5.01. The van der Waals surface area contributed by atoms with Gasteiger partial charge in [0.25, 0.3) is 0 Å². The Labute approximate surface area is 94.7 Å². The van der Waals surface area contributed by atoms with Gasteiger partial charge in [-0.3, -0.25) is 4.79 Å². The van der Waals surface area contributed by atoms with Gasteiger partial charge in [0.2, 0.25) is 0 Å². The summed E-state index contributed by atoms with van der Waals surface area (Å²) in [7, 11) is 0. The molecule has 1 nitrogen and oxygen atoms in total. The Morgan fingerprint density at radius 1 is 0.812 bits per heavy atom. The van der Waals surface area contributed by atoms with Gasteiger partial charge in [-0.2, -0.15) is 0 Å². The zero-order valence-corrected chi connectivity index (χ0v) is 8.68. The molecule has 0 spiro atoms. The molecule has 16 heavy (non-hydrogen) atoms. The van der Waals surface area contributed by atoms with Gasteiger partial charge < -0.3 is 0 Å². The van der Waals surface area contributed by atoms with Crippen LogP contribution in [0.25, 0.3) is 11.1 Å². The number of hydrogen-bond acceptors (Lipinski definition) is 1. The van der Waals surface area contributed by atoms with Crippen molar-refractivity contribution in [3.05, 3.63) is 60.2 Å². The summed E-state index contributed by atoms with van der Waals surface area (Å²) in [6.07, 6.45) is 0.602. The molecule has 0 radical (unpaired) electrons. The lowest BCUT2D eigenvalue weighted by Crippen LogP contribution is -1.78. The zero-order chi connectivity index (χ0) is 11.2. The van der Waals surface area contributed by atoms with E-state index in [2.05, 4.69) is 24.0 Å². The van der Waals surface area contributed by atoms with Gasteiger partial charge in [-0.15, -0.1) is 0 Å². The first-order chi connectivity index (χ1) is 7.90. The van der Waals surface area contributed by atoms with Crippen LogP contribution in [-0.4, -0.2) is 6.29 Å². The minimum Gasteiger partial charge on any atom is -0.289 e. The van der Waals surface area contributed by atoms with E-state index in [-0.39, 0.29) is 0 Å². The van der Waals surface area contributed by atoms with Crippen molar-refractivity contribution >= 4 is 6.29 Å². The van der Waals surface area contributed by atoms with Crippen molar-refractivity contribution in [2.45, 2.75) is 0 Å². The van der Waals surface area contributed by atoms with Gasteiger partial charge in [0.1, 0.15) is 0 Å². The van der Waals surface area contributed by atoms with E-state index in [9.17, 15) is 4.79 Å². The molecule has 2 rings (SSSR count). The van der Waals surface area contributed by atoms with Crippen LogP contribution in [0.3, 0.4) is 0 Å². The third kappa shape index (κ3) is 2.37. The van der Waals surface area contributed by atoms with Crippen LogP contribution in [0.1, 0.15) is 5.56 Å². The molecule has 0 saturated heterocycles. The molecule has 0 aliphatic rings. The first kappa shape index (κ1) is 10.2. The first-order valence-corrected chi connectivity index (χ1v) is 5.01. The van der Waals surface area contributed by atoms with E-state index >= 15 is 0 Å². The van der Waals surface area contributed by atoms with Gasteiger partial charge in [-0.1, -0.05) is 48.4 Å². The van der Waals surface area contributed by atoms with E-state index in [1.807, 2.05) is 42.5 Å². The normalized spacial score (nSPS) is 9.00. The Balaban J connectivity index is 2.30. The molecule has 2 aromatic carbocycles. The Hall–Kier alpha value is -2.33. The van der Waals surface area contributed by atoms with E-state index in [1.54, 1.807) is 0 Å². The minimum atomic E-state index is 0.602. The number of rotatable bonds is 1. The highest BCUT2D eigenvalue weighted by Crippen LogP contribution is 2.18. The second-order valence-electron chi connectivity index (χ2n) is 3.33. The van der Waals surface area contributed by atoms with Gasteiger partial charge in [0.15, 0.2) is 6.29 Å². The molecule has 1 heteroatoms. The number of hydrogen-bond donors (Lipinski definition) is 0. The van der Waals surface area contributed by atoms with Crippen LogP contribution < -0.4 is 0 Å². The predicted molar refractivity (Wildman–Crippen MR) is 64.8 cm³/mol. The van der Waals surface area contributed by atoms with Crippen molar-refractivity contribution in [2.75, 3.05) is 0 Å². The number of carbonyl (C=O) groups excluding carboxylic acids is 1. The van der Waals surface area contributed by atoms with Crippen LogP contribution in [0, 0.1) is 11.8 Å². The van der Waals surface area contributed by atoms with Crippen LogP contribution in [-0.2, 0) is 4.79 Å². The molecular formula is C15H10O. The van der Waals surface area contributed by atoms with Gasteiger partial charge in [-0.05, 0) is 29.2 Å². The van der Waals surface area contributed by atoms with E-state index in [0.29, 0.717) is 6.29 Å². The Kier molecular flexibility index (Phi) is 3.15. The summed E-state index contributed by atoms with van der Waals surface area (Å²) in [5, 5.41) is 0. The average molecular weight is 206 g/mol. The second-order valence-corrected chi connectivity index (χ2v) is 3.33. The molecule has 0 aliphatic carbocycles. The van der Waals surface area contributed by atoms with Crippen molar-refractivity contribution in [3.8, 4) is 23.0 Å². The topological polar surface area (TPSA) is 17.1 Å². The Bertz CT molecular complexity index is 527. The highest BCUT2D eigenvalue weighted by atomic mass is 16.1.